The number of nitrogens with zero attached hydrogens (tertiary/aromatic N) is 5. The van der Waals surface area contributed by atoms with E-state index < -0.39 is 20.0 Å². The van der Waals surface area contributed by atoms with E-state index >= 15 is 0 Å². The van der Waals surface area contributed by atoms with Crippen molar-refractivity contribution in [3.8, 4) is 11.3 Å². The standard InChI is InChI=1S/C34H45ClN6O5S2/c1-47(43,44)39-23-16-32-30(25-39)34(37-41(32)20-7-18-38-21-14-28(15-22-38)40-19-6-11-33(40)42)27-12-13-31(35)26(24-27)8-5-17-36-48(45,46)29-9-3-2-4-10-29/h2-4,9-10,12-13,24,28,36H,5-8,11,14-23,25H2,1H3. The van der Waals surface area contributed by atoms with Gasteiger partial charge in [0.05, 0.1) is 16.8 Å². The van der Waals surface area contributed by atoms with Crippen molar-refractivity contribution in [2.75, 3.05) is 45.5 Å². The lowest BCUT2D eigenvalue weighted by molar-refractivity contribution is -0.130. The Morgan fingerprint density at radius 2 is 1.71 bits per heavy atom. The van der Waals surface area contributed by atoms with E-state index in [1.807, 2.05) is 18.2 Å². The number of halogens is 1. The summed E-state index contributed by atoms with van der Waals surface area (Å²) in [4.78, 5) is 17.0. The lowest BCUT2D eigenvalue weighted by Crippen LogP contribution is -2.45. The second kappa shape index (κ2) is 15.0. The fraction of sp³-hybridized carbons (Fsp3) is 0.529. The average Bonchev–Trinajstić information content (AvgIpc) is 3.67. The summed E-state index contributed by atoms with van der Waals surface area (Å²) in [6.07, 6.45) is 7.58. The molecule has 2 saturated heterocycles. The highest BCUT2D eigenvalue weighted by atomic mass is 35.5. The van der Waals surface area contributed by atoms with Gasteiger partial charge in [-0.2, -0.15) is 9.40 Å². The maximum absolute atomic E-state index is 12.6. The van der Waals surface area contributed by atoms with E-state index in [1.54, 1.807) is 30.3 Å². The molecule has 1 aromatic heterocycles. The molecule has 48 heavy (non-hydrogen) atoms. The van der Waals surface area contributed by atoms with Gasteiger partial charge in [-0.3, -0.25) is 9.48 Å². The third-order valence-corrected chi connectivity index (χ3v) is 12.9. The van der Waals surface area contributed by atoms with Crippen LogP contribution in [0.15, 0.2) is 53.4 Å². The van der Waals surface area contributed by atoms with Crippen molar-refractivity contribution in [3.05, 3.63) is 70.4 Å². The highest BCUT2D eigenvalue weighted by Gasteiger charge is 2.32. The zero-order chi connectivity index (χ0) is 33.9. The first kappa shape index (κ1) is 35.0. The second-order valence-corrected chi connectivity index (χ2v) is 17.2. The minimum atomic E-state index is -3.59. The van der Waals surface area contributed by atoms with Gasteiger partial charge in [-0.05, 0) is 74.9 Å². The molecule has 2 aromatic carbocycles. The Kier molecular flexibility index (Phi) is 10.9. The molecule has 2 fully saturated rings. The number of carbonyl (C=O) groups excluding carboxylic acids is 1. The van der Waals surface area contributed by atoms with Crippen LogP contribution in [0.2, 0.25) is 5.02 Å². The van der Waals surface area contributed by atoms with Crippen LogP contribution in [0.25, 0.3) is 11.3 Å². The minimum Gasteiger partial charge on any atom is -0.340 e. The number of carbonyl (C=O) groups is 1. The van der Waals surface area contributed by atoms with Gasteiger partial charge in [0.15, 0.2) is 0 Å². The van der Waals surface area contributed by atoms with Gasteiger partial charge in [0.1, 0.15) is 0 Å². The smallest absolute Gasteiger partial charge is 0.240 e. The summed E-state index contributed by atoms with van der Waals surface area (Å²) < 4.78 is 56.5. The van der Waals surface area contributed by atoms with Gasteiger partial charge in [-0.25, -0.2) is 21.6 Å². The van der Waals surface area contributed by atoms with Gasteiger partial charge in [-0.1, -0.05) is 35.9 Å². The number of aromatic nitrogens is 2. The van der Waals surface area contributed by atoms with Crippen LogP contribution in [0, 0.1) is 0 Å². The molecule has 0 atom stereocenters. The third-order valence-electron chi connectivity index (χ3n) is 9.81. The third kappa shape index (κ3) is 8.14. The lowest BCUT2D eigenvalue weighted by atomic mass is 9.99. The molecule has 11 nitrogen and oxygen atoms in total. The Morgan fingerprint density at radius 1 is 0.938 bits per heavy atom. The zero-order valence-electron chi connectivity index (χ0n) is 27.5. The molecule has 4 heterocycles. The van der Waals surface area contributed by atoms with Crippen molar-refractivity contribution in [1.29, 1.82) is 0 Å². The Bertz CT molecular complexity index is 1830. The molecule has 3 aliphatic rings. The predicted molar refractivity (Wildman–Crippen MR) is 187 cm³/mol. The number of fused-ring (bicyclic) bond motifs is 1. The zero-order valence-corrected chi connectivity index (χ0v) is 29.9. The molecule has 0 unspecified atom stereocenters. The van der Waals surface area contributed by atoms with Crippen molar-refractivity contribution in [3.63, 3.8) is 0 Å². The summed E-state index contributed by atoms with van der Waals surface area (Å²) in [6.45, 7) is 5.50. The number of hydrogen-bond donors (Lipinski definition) is 1. The van der Waals surface area contributed by atoms with Gasteiger partial charge in [0.2, 0.25) is 26.0 Å². The van der Waals surface area contributed by atoms with Crippen LogP contribution in [-0.4, -0.2) is 98.2 Å². The van der Waals surface area contributed by atoms with E-state index in [0.717, 1.165) is 86.5 Å². The van der Waals surface area contributed by atoms with E-state index in [1.165, 1.54) is 10.6 Å². The molecule has 6 rings (SSSR count). The number of likely N-dealkylation sites (tertiary alicyclic amines) is 2. The Hall–Kier alpha value is -2.81. The fourth-order valence-corrected chi connectivity index (χ4v) is 9.30. The topological polar surface area (TPSA) is 125 Å². The van der Waals surface area contributed by atoms with Gasteiger partial charge < -0.3 is 9.80 Å². The molecular formula is C34H45ClN6O5S2. The van der Waals surface area contributed by atoms with Crippen LogP contribution in [-0.2, 0) is 50.8 Å². The number of piperidine rings is 1. The predicted octanol–water partition coefficient (Wildman–Crippen LogP) is 3.91. The number of nitrogens with one attached hydrogen (secondary N) is 1. The molecule has 0 bridgehead atoms. The number of rotatable bonds is 13. The van der Waals surface area contributed by atoms with E-state index in [9.17, 15) is 21.6 Å². The normalized spacial score (nSPS) is 18.5. The fourth-order valence-electron chi connectivity index (χ4n) is 7.20. The summed E-state index contributed by atoms with van der Waals surface area (Å²) in [5.41, 5.74) is 4.50. The Balaban J connectivity index is 1.12. The summed E-state index contributed by atoms with van der Waals surface area (Å²) in [5.74, 6) is 0.307. The quantitative estimate of drug-likeness (QED) is 0.266. The minimum absolute atomic E-state index is 0.230. The molecule has 14 heteroatoms. The van der Waals surface area contributed by atoms with Crippen LogP contribution in [0.1, 0.15) is 55.3 Å². The molecule has 0 aliphatic carbocycles. The molecule has 1 N–H and O–H groups in total. The monoisotopic (exact) mass is 716 g/mol. The van der Waals surface area contributed by atoms with E-state index in [2.05, 4.69) is 19.2 Å². The molecule has 260 valence electrons. The van der Waals surface area contributed by atoms with Crippen molar-refractivity contribution < 1.29 is 21.6 Å². The van der Waals surface area contributed by atoms with E-state index in [4.69, 9.17) is 16.7 Å². The van der Waals surface area contributed by atoms with E-state index in [0.29, 0.717) is 49.2 Å². The molecule has 0 saturated carbocycles. The Labute approximate surface area is 289 Å². The first-order chi connectivity index (χ1) is 23.0. The van der Waals surface area contributed by atoms with Crippen LogP contribution < -0.4 is 4.72 Å². The highest BCUT2D eigenvalue weighted by molar-refractivity contribution is 7.89. The van der Waals surface area contributed by atoms with Gasteiger partial charge >= 0.3 is 0 Å². The molecule has 3 aromatic rings. The summed E-state index contributed by atoms with van der Waals surface area (Å²) in [7, 11) is -6.97. The largest absolute Gasteiger partial charge is 0.340 e. The molecule has 0 spiro atoms. The van der Waals surface area contributed by atoms with Crippen molar-refractivity contribution in [2.45, 2.75) is 75.4 Å². The first-order valence-electron chi connectivity index (χ1n) is 16.9. The average molecular weight is 717 g/mol. The Morgan fingerprint density at radius 3 is 2.42 bits per heavy atom. The second-order valence-electron chi connectivity index (χ2n) is 13.1. The SMILES string of the molecule is CS(=O)(=O)N1CCc2c(c(-c3ccc(Cl)c(CCCNS(=O)(=O)c4ccccc4)c3)nn2CCCN2CCC(N3CCCC3=O)CC2)C1. The van der Waals surface area contributed by atoms with Crippen LogP contribution in [0.4, 0.5) is 0 Å². The van der Waals surface area contributed by atoms with Gasteiger partial charge in [-0.15, -0.1) is 0 Å². The van der Waals surface area contributed by atoms with Gasteiger partial charge in [0, 0.05) is 86.5 Å². The van der Waals surface area contributed by atoms with Crippen LogP contribution in [0.5, 0.6) is 0 Å². The summed E-state index contributed by atoms with van der Waals surface area (Å²) >= 11 is 6.60. The molecule has 0 radical (unpaired) electrons. The highest BCUT2D eigenvalue weighted by Crippen LogP contribution is 2.33. The van der Waals surface area contributed by atoms with Crippen LogP contribution >= 0.6 is 11.6 Å². The first-order valence-corrected chi connectivity index (χ1v) is 20.6. The van der Waals surface area contributed by atoms with Crippen molar-refractivity contribution in [2.24, 2.45) is 0 Å². The van der Waals surface area contributed by atoms with E-state index in [-0.39, 0.29) is 18.0 Å². The number of benzene rings is 2. The molecule has 1 amide bonds. The van der Waals surface area contributed by atoms with Crippen LogP contribution in [0.3, 0.4) is 0 Å². The molecular weight excluding hydrogens is 672 g/mol. The summed E-state index contributed by atoms with van der Waals surface area (Å²) in [5, 5.41) is 5.66. The number of hydrogen-bond acceptors (Lipinski definition) is 7. The number of aryl methyl sites for hydroxylation is 2. The van der Waals surface area contributed by atoms with Gasteiger partial charge in [0.25, 0.3) is 0 Å². The van der Waals surface area contributed by atoms with Crippen molar-refractivity contribution in [1.82, 2.24) is 28.6 Å². The molecule has 3 aliphatic heterocycles. The lowest BCUT2D eigenvalue weighted by Gasteiger charge is -2.36. The summed E-state index contributed by atoms with van der Waals surface area (Å²) in [6, 6.07) is 14.4. The van der Waals surface area contributed by atoms with Crippen molar-refractivity contribution >= 4 is 37.6 Å². The number of amides is 1. The maximum Gasteiger partial charge on any atom is 0.240 e. The maximum atomic E-state index is 12.6. The number of sulfonamides is 2.